The van der Waals surface area contributed by atoms with Crippen molar-refractivity contribution in [2.45, 2.75) is 32.0 Å². The zero-order valence-corrected chi connectivity index (χ0v) is 8.27. The average Bonchev–Trinajstić information content (AvgIpc) is 2.47. The van der Waals surface area contributed by atoms with E-state index in [2.05, 4.69) is 0 Å². The van der Waals surface area contributed by atoms with Crippen molar-refractivity contribution in [1.82, 2.24) is 0 Å². The van der Waals surface area contributed by atoms with Crippen molar-refractivity contribution >= 4 is 5.78 Å². The number of benzene rings is 1. The lowest BCUT2D eigenvalue weighted by atomic mass is 10.0. The highest BCUT2D eigenvalue weighted by molar-refractivity contribution is 5.85. The van der Waals surface area contributed by atoms with Gasteiger partial charge >= 0.3 is 0 Å². The van der Waals surface area contributed by atoms with Gasteiger partial charge in [-0.2, -0.15) is 0 Å². The van der Waals surface area contributed by atoms with E-state index in [1.54, 1.807) is 0 Å². The molecule has 1 fully saturated rings. The van der Waals surface area contributed by atoms with E-state index in [0.717, 1.165) is 0 Å². The van der Waals surface area contributed by atoms with Gasteiger partial charge in [0.05, 0.1) is 6.10 Å². The first-order valence-corrected chi connectivity index (χ1v) is 4.98. The zero-order valence-electron chi connectivity index (χ0n) is 8.27. The van der Waals surface area contributed by atoms with Crippen molar-refractivity contribution < 1.29 is 9.53 Å². The van der Waals surface area contributed by atoms with Crippen LogP contribution in [0, 0.1) is 0 Å². The second kappa shape index (κ2) is 3.93. The number of carbonyl (C=O) groups is 1. The molecular weight excluding hydrogens is 176 g/mol. The first-order chi connectivity index (χ1) is 6.75. The van der Waals surface area contributed by atoms with Crippen LogP contribution in [-0.2, 0) is 16.0 Å². The molecule has 0 amide bonds. The fourth-order valence-corrected chi connectivity index (χ4v) is 1.81. The maximum absolute atomic E-state index is 11.5. The highest BCUT2D eigenvalue weighted by Crippen LogP contribution is 2.19. The first kappa shape index (κ1) is 9.41. The van der Waals surface area contributed by atoms with Crippen LogP contribution in [0.15, 0.2) is 30.3 Å². The third-order valence-corrected chi connectivity index (χ3v) is 2.51. The molecule has 2 rings (SSSR count). The van der Waals surface area contributed by atoms with Crippen molar-refractivity contribution in [2.24, 2.45) is 0 Å². The first-order valence-electron chi connectivity index (χ1n) is 4.98. The molecular formula is C12H14O2. The van der Waals surface area contributed by atoms with Crippen LogP contribution in [0.4, 0.5) is 0 Å². The molecule has 1 aliphatic heterocycles. The molecule has 0 aromatic heterocycles. The van der Waals surface area contributed by atoms with E-state index in [9.17, 15) is 4.79 Å². The highest BCUT2D eigenvalue weighted by Gasteiger charge is 2.30. The fraction of sp³-hybridized carbons (Fsp3) is 0.417. The molecule has 0 spiro atoms. The Morgan fingerprint density at radius 3 is 2.64 bits per heavy atom. The maximum atomic E-state index is 11.5. The number of rotatable bonds is 2. The van der Waals surface area contributed by atoms with Crippen LogP contribution >= 0.6 is 0 Å². The van der Waals surface area contributed by atoms with Crippen molar-refractivity contribution in [3.05, 3.63) is 35.9 Å². The number of carbonyl (C=O) groups excluding carboxylic acids is 1. The summed E-state index contributed by atoms with van der Waals surface area (Å²) >= 11 is 0. The molecule has 0 bridgehead atoms. The van der Waals surface area contributed by atoms with E-state index in [1.807, 2.05) is 37.3 Å². The van der Waals surface area contributed by atoms with Gasteiger partial charge in [-0.05, 0) is 12.5 Å². The maximum Gasteiger partial charge on any atom is 0.164 e. The standard InChI is InChI=1S/C12H14O2/c1-9-7-11(13)12(14-9)8-10-5-3-2-4-6-10/h2-6,9,12H,7-8H2,1H3. The minimum atomic E-state index is -0.215. The molecule has 0 radical (unpaired) electrons. The average molecular weight is 190 g/mol. The van der Waals surface area contributed by atoms with E-state index in [1.165, 1.54) is 5.56 Å². The Hall–Kier alpha value is -1.15. The molecule has 0 N–H and O–H groups in total. The van der Waals surface area contributed by atoms with Gasteiger partial charge in [-0.3, -0.25) is 4.79 Å². The Morgan fingerprint density at radius 1 is 1.36 bits per heavy atom. The number of ether oxygens (including phenoxy) is 1. The van der Waals surface area contributed by atoms with Crippen LogP contribution in [0.25, 0.3) is 0 Å². The summed E-state index contributed by atoms with van der Waals surface area (Å²) in [7, 11) is 0. The molecule has 1 heterocycles. The molecule has 2 unspecified atom stereocenters. The van der Waals surface area contributed by atoms with Crippen LogP contribution in [0.5, 0.6) is 0 Å². The molecule has 2 atom stereocenters. The summed E-state index contributed by atoms with van der Waals surface area (Å²) < 4.78 is 5.53. The number of ketones is 1. The predicted octanol–water partition coefficient (Wildman–Crippen LogP) is 1.98. The van der Waals surface area contributed by atoms with Gasteiger partial charge in [-0.1, -0.05) is 30.3 Å². The summed E-state index contributed by atoms with van der Waals surface area (Å²) in [4.78, 5) is 11.5. The highest BCUT2D eigenvalue weighted by atomic mass is 16.5. The Balaban J connectivity index is 2.02. The van der Waals surface area contributed by atoms with Crippen LogP contribution in [0.3, 0.4) is 0 Å². The summed E-state index contributed by atoms with van der Waals surface area (Å²) in [5, 5.41) is 0. The minimum absolute atomic E-state index is 0.0937. The molecule has 14 heavy (non-hydrogen) atoms. The summed E-state index contributed by atoms with van der Waals surface area (Å²) in [5.41, 5.74) is 1.17. The molecule has 1 aliphatic rings. The van der Waals surface area contributed by atoms with Crippen LogP contribution < -0.4 is 0 Å². The second-order valence-electron chi connectivity index (χ2n) is 3.80. The number of hydrogen-bond acceptors (Lipinski definition) is 2. The molecule has 0 saturated carbocycles. The summed E-state index contributed by atoms with van der Waals surface area (Å²) in [5.74, 6) is 0.237. The van der Waals surface area contributed by atoms with Gasteiger partial charge in [0, 0.05) is 12.8 Å². The van der Waals surface area contributed by atoms with E-state index in [4.69, 9.17) is 4.74 Å². The fourth-order valence-electron chi connectivity index (χ4n) is 1.81. The quantitative estimate of drug-likeness (QED) is 0.712. The molecule has 2 heteroatoms. The zero-order chi connectivity index (χ0) is 9.97. The molecule has 74 valence electrons. The Kier molecular flexibility index (Phi) is 2.64. The molecule has 1 saturated heterocycles. The van der Waals surface area contributed by atoms with Crippen molar-refractivity contribution in [1.29, 1.82) is 0 Å². The summed E-state index contributed by atoms with van der Waals surface area (Å²) in [6, 6.07) is 10.00. The van der Waals surface area contributed by atoms with E-state index in [-0.39, 0.29) is 18.0 Å². The van der Waals surface area contributed by atoms with E-state index < -0.39 is 0 Å². The van der Waals surface area contributed by atoms with Gasteiger partial charge in [0.25, 0.3) is 0 Å². The minimum Gasteiger partial charge on any atom is -0.367 e. The Bertz CT molecular complexity index is 318. The van der Waals surface area contributed by atoms with Crippen LogP contribution in [-0.4, -0.2) is 18.0 Å². The van der Waals surface area contributed by atoms with Gasteiger partial charge in [-0.15, -0.1) is 0 Å². The van der Waals surface area contributed by atoms with Gasteiger partial charge < -0.3 is 4.74 Å². The van der Waals surface area contributed by atoms with Crippen LogP contribution in [0.2, 0.25) is 0 Å². The second-order valence-corrected chi connectivity index (χ2v) is 3.80. The third kappa shape index (κ3) is 2.02. The Labute approximate surface area is 83.9 Å². The molecule has 1 aromatic rings. The molecule has 1 aromatic carbocycles. The topological polar surface area (TPSA) is 26.3 Å². The lowest BCUT2D eigenvalue weighted by Gasteiger charge is -2.09. The lowest BCUT2D eigenvalue weighted by molar-refractivity contribution is -0.122. The molecule has 2 nitrogen and oxygen atoms in total. The van der Waals surface area contributed by atoms with Crippen LogP contribution in [0.1, 0.15) is 18.9 Å². The largest absolute Gasteiger partial charge is 0.367 e. The SMILES string of the molecule is CC1CC(=O)C(Cc2ccccc2)O1. The van der Waals surface area contributed by atoms with E-state index >= 15 is 0 Å². The lowest BCUT2D eigenvalue weighted by Crippen LogP contribution is -2.18. The van der Waals surface area contributed by atoms with Gasteiger partial charge in [0.15, 0.2) is 5.78 Å². The van der Waals surface area contributed by atoms with Crippen molar-refractivity contribution in [2.75, 3.05) is 0 Å². The normalized spacial score (nSPS) is 26.8. The van der Waals surface area contributed by atoms with E-state index in [0.29, 0.717) is 12.8 Å². The third-order valence-electron chi connectivity index (χ3n) is 2.51. The number of hydrogen-bond donors (Lipinski definition) is 0. The summed E-state index contributed by atoms with van der Waals surface area (Å²) in [6.07, 6.45) is 1.16. The van der Waals surface area contributed by atoms with Gasteiger partial charge in [0.1, 0.15) is 6.10 Å². The van der Waals surface area contributed by atoms with Crippen molar-refractivity contribution in [3.63, 3.8) is 0 Å². The van der Waals surface area contributed by atoms with Gasteiger partial charge in [-0.25, -0.2) is 0 Å². The summed E-state index contributed by atoms with van der Waals surface area (Å²) in [6.45, 7) is 1.95. The predicted molar refractivity (Wildman–Crippen MR) is 54.1 cm³/mol. The smallest absolute Gasteiger partial charge is 0.164 e. The van der Waals surface area contributed by atoms with Crippen molar-refractivity contribution in [3.8, 4) is 0 Å². The molecule has 0 aliphatic carbocycles. The monoisotopic (exact) mass is 190 g/mol. The van der Waals surface area contributed by atoms with Gasteiger partial charge in [0.2, 0.25) is 0 Å². The number of Topliss-reactive ketones (excluding diaryl/α,β-unsaturated/α-hetero) is 1. The Morgan fingerprint density at radius 2 is 2.07 bits per heavy atom.